The van der Waals surface area contributed by atoms with Gasteiger partial charge in [-0.3, -0.25) is 4.79 Å². The third kappa shape index (κ3) is 3.55. The molecule has 0 fully saturated rings. The summed E-state index contributed by atoms with van der Waals surface area (Å²) >= 11 is 6.52. The molecule has 0 aliphatic carbocycles. The summed E-state index contributed by atoms with van der Waals surface area (Å²) in [5.41, 5.74) is 0.647. The van der Waals surface area contributed by atoms with Crippen molar-refractivity contribution in [2.75, 3.05) is 11.9 Å². The van der Waals surface area contributed by atoms with Gasteiger partial charge in [-0.25, -0.2) is 9.18 Å². The molecule has 1 aromatic carbocycles. The second-order valence-electron chi connectivity index (χ2n) is 4.68. The molecule has 1 N–H and O–H groups in total. The second-order valence-corrected chi connectivity index (χ2v) is 6.10. The van der Waals surface area contributed by atoms with E-state index in [1.165, 1.54) is 12.1 Å². The second kappa shape index (κ2) is 7.43. The normalized spacial score (nSPS) is 10.1. The molecule has 2 rings (SSSR count). The summed E-state index contributed by atoms with van der Waals surface area (Å²) in [6.45, 7) is 3.46. The molecule has 0 unspecified atom stereocenters. The molecule has 1 amide bonds. The predicted molar refractivity (Wildman–Crippen MR) is 89.1 cm³/mol. The Hall–Kier alpha value is -2.43. The number of hydrogen-bond acceptors (Lipinski definition) is 5. The van der Waals surface area contributed by atoms with Gasteiger partial charge in [-0.15, -0.1) is 11.3 Å². The van der Waals surface area contributed by atoms with E-state index in [-0.39, 0.29) is 32.6 Å². The number of nitrogens with zero attached hydrogens (tertiary/aromatic N) is 1. The summed E-state index contributed by atoms with van der Waals surface area (Å²) in [4.78, 5) is 24.4. The lowest BCUT2D eigenvalue weighted by molar-refractivity contribution is 0.0531. The van der Waals surface area contributed by atoms with Crippen LogP contribution in [0.15, 0.2) is 18.2 Å². The first-order valence-corrected chi connectivity index (χ1v) is 8.05. The topological polar surface area (TPSA) is 79.2 Å². The van der Waals surface area contributed by atoms with Gasteiger partial charge >= 0.3 is 5.97 Å². The molecular weight excluding hydrogens is 355 g/mol. The molecule has 0 saturated heterocycles. The molecule has 0 radical (unpaired) electrons. The van der Waals surface area contributed by atoms with Crippen LogP contribution < -0.4 is 5.32 Å². The fourth-order valence-corrected chi connectivity index (χ4v) is 3.10. The van der Waals surface area contributed by atoms with Crippen molar-refractivity contribution in [2.45, 2.75) is 13.8 Å². The van der Waals surface area contributed by atoms with Crippen LogP contribution in [0.25, 0.3) is 0 Å². The van der Waals surface area contributed by atoms with Crippen LogP contribution in [0.4, 0.5) is 9.39 Å². The van der Waals surface area contributed by atoms with Crippen LogP contribution in [0, 0.1) is 24.1 Å². The number of esters is 1. The van der Waals surface area contributed by atoms with Crippen molar-refractivity contribution in [2.24, 2.45) is 0 Å². The Bertz CT molecular complexity index is 858. The Balaban J connectivity index is 2.33. The number of rotatable bonds is 4. The molecule has 0 aliphatic rings. The first-order chi connectivity index (χ1) is 11.4. The molecule has 5 nitrogen and oxygen atoms in total. The number of carbonyl (C=O) groups excluding carboxylic acids is 2. The molecule has 8 heteroatoms. The van der Waals surface area contributed by atoms with Crippen LogP contribution in [-0.2, 0) is 4.74 Å². The number of benzene rings is 1. The van der Waals surface area contributed by atoms with E-state index in [0.717, 1.165) is 17.4 Å². The fraction of sp³-hybridized carbons (Fsp3) is 0.188. The Kier molecular flexibility index (Phi) is 5.54. The molecule has 1 heterocycles. The van der Waals surface area contributed by atoms with Crippen molar-refractivity contribution in [3.8, 4) is 6.07 Å². The van der Waals surface area contributed by atoms with Gasteiger partial charge in [0.15, 0.2) is 0 Å². The number of carbonyl (C=O) groups is 2. The van der Waals surface area contributed by atoms with Crippen molar-refractivity contribution in [1.82, 2.24) is 0 Å². The highest BCUT2D eigenvalue weighted by Gasteiger charge is 2.22. The zero-order valence-corrected chi connectivity index (χ0v) is 14.3. The maximum Gasteiger partial charge on any atom is 0.348 e. The molecule has 124 valence electrons. The summed E-state index contributed by atoms with van der Waals surface area (Å²) in [5.74, 6) is -1.90. The Labute approximate surface area is 146 Å². The van der Waals surface area contributed by atoms with Crippen molar-refractivity contribution < 1.29 is 18.7 Å². The van der Waals surface area contributed by atoms with Crippen LogP contribution >= 0.6 is 22.9 Å². The SMILES string of the molecule is CCOC(=O)c1sc(NC(=O)c2ccc(Cl)c(F)c2)c(C#N)c1C. The van der Waals surface area contributed by atoms with Gasteiger partial charge in [0.1, 0.15) is 21.8 Å². The Morgan fingerprint density at radius 3 is 2.75 bits per heavy atom. The van der Waals surface area contributed by atoms with Gasteiger partial charge in [-0.05, 0) is 37.6 Å². The van der Waals surface area contributed by atoms with E-state index in [2.05, 4.69) is 5.32 Å². The number of amides is 1. The van der Waals surface area contributed by atoms with Gasteiger partial charge in [0.25, 0.3) is 5.91 Å². The minimum Gasteiger partial charge on any atom is -0.462 e. The fourth-order valence-electron chi connectivity index (χ4n) is 1.94. The largest absolute Gasteiger partial charge is 0.462 e. The van der Waals surface area contributed by atoms with Gasteiger partial charge in [0, 0.05) is 5.56 Å². The third-order valence-electron chi connectivity index (χ3n) is 3.13. The highest BCUT2D eigenvalue weighted by Crippen LogP contribution is 2.33. The monoisotopic (exact) mass is 366 g/mol. The molecular formula is C16H12ClFN2O3S. The van der Waals surface area contributed by atoms with Crippen LogP contribution in [0.2, 0.25) is 5.02 Å². The maximum absolute atomic E-state index is 13.5. The van der Waals surface area contributed by atoms with E-state index in [1.807, 2.05) is 6.07 Å². The first kappa shape index (κ1) is 17.9. The summed E-state index contributed by atoms with van der Waals surface area (Å²) < 4.78 is 18.4. The number of anilines is 1. The van der Waals surface area contributed by atoms with E-state index >= 15 is 0 Å². The van der Waals surface area contributed by atoms with Crippen molar-refractivity contribution in [1.29, 1.82) is 5.26 Å². The summed E-state index contributed by atoms with van der Waals surface area (Å²) in [7, 11) is 0. The molecule has 24 heavy (non-hydrogen) atoms. The molecule has 2 aromatic rings. The minimum atomic E-state index is -0.723. The number of hydrogen-bond donors (Lipinski definition) is 1. The summed E-state index contributed by atoms with van der Waals surface area (Å²) in [6.07, 6.45) is 0. The number of thiophene rings is 1. The van der Waals surface area contributed by atoms with Gasteiger partial charge in [-0.1, -0.05) is 11.6 Å². The van der Waals surface area contributed by atoms with Crippen molar-refractivity contribution in [3.63, 3.8) is 0 Å². The van der Waals surface area contributed by atoms with Gasteiger partial charge < -0.3 is 10.1 Å². The smallest absolute Gasteiger partial charge is 0.348 e. The summed E-state index contributed by atoms with van der Waals surface area (Å²) in [5, 5.41) is 11.9. The molecule has 0 saturated carbocycles. The quantitative estimate of drug-likeness (QED) is 0.824. The predicted octanol–water partition coefficient (Wildman–Crippen LogP) is 4.15. The molecule has 0 spiro atoms. The average Bonchev–Trinajstić information content (AvgIpc) is 2.85. The Morgan fingerprint density at radius 1 is 1.46 bits per heavy atom. The average molecular weight is 367 g/mol. The van der Waals surface area contributed by atoms with Crippen LogP contribution in [-0.4, -0.2) is 18.5 Å². The summed E-state index contributed by atoms with van der Waals surface area (Å²) in [6, 6.07) is 5.57. The highest BCUT2D eigenvalue weighted by molar-refractivity contribution is 7.18. The van der Waals surface area contributed by atoms with Crippen LogP contribution in [0.3, 0.4) is 0 Å². The van der Waals surface area contributed by atoms with E-state index < -0.39 is 17.7 Å². The number of nitrogens with one attached hydrogen (secondary N) is 1. The van der Waals surface area contributed by atoms with Crippen molar-refractivity contribution in [3.05, 3.63) is 50.6 Å². The minimum absolute atomic E-state index is 0.0459. The van der Waals surface area contributed by atoms with E-state index in [9.17, 15) is 19.2 Å². The zero-order valence-electron chi connectivity index (χ0n) is 12.8. The maximum atomic E-state index is 13.5. The van der Waals surface area contributed by atoms with Crippen LogP contribution in [0.1, 0.15) is 38.1 Å². The number of halogens is 2. The lowest BCUT2D eigenvalue weighted by Crippen LogP contribution is -2.12. The molecule has 0 aliphatic heterocycles. The first-order valence-electron chi connectivity index (χ1n) is 6.86. The van der Waals surface area contributed by atoms with Gasteiger partial charge in [-0.2, -0.15) is 5.26 Å². The lowest BCUT2D eigenvalue weighted by Gasteiger charge is -2.04. The Morgan fingerprint density at radius 2 is 2.17 bits per heavy atom. The van der Waals surface area contributed by atoms with Gasteiger partial charge in [0.05, 0.1) is 17.2 Å². The number of ether oxygens (including phenoxy) is 1. The van der Waals surface area contributed by atoms with Gasteiger partial charge in [0.2, 0.25) is 0 Å². The van der Waals surface area contributed by atoms with Crippen LogP contribution in [0.5, 0.6) is 0 Å². The molecule has 1 aromatic heterocycles. The lowest BCUT2D eigenvalue weighted by atomic mass is 10.1. The third-order valence-corrected chi connectivity index (χ3v) is 4.62. The molecule has 0 bridgehead atoms. The standard InChI is InChI=1S/C16H12ClFN2O3S/c1-3-23-16(22)13-8(2)10(7-19)15(24-13)20-14(21)9-4-5-11(17)12(18)6-9/h4-6H,3H2,1-2H3,(H,20,21). The highest BCUT2D eigenvalue weighted by atomic mass is 35.5. The van der Waals surface area contributed by atoms with Crippen molar-refractivity contribution >= 4 is 39.8 Å². The van der Waals surface area contributed by atoms with E-state index in [1.54, 1.807) is 13.8 Å². The van der Waals surface area contributed by atoms with E-state index in [0.29, 0.717) is 5.56 Å². The van der Waals surface area contributed by atoms with E-state index in [4.69, 9.17) is 16.3 Å². The number of nitriles is 1. The molecule has 0 atom stereocenters. The zero-order chi connectivity index (χ0) is 17.9.